The van der Waals surface area contributed by atoms with Crippen LogP contribution in [0.2, 0.25) is 0 Å². The lowest BCUT2D eigenvalue weighted by molar-refractivity contribution is -0.138. The third-order valence-corrected chi connectivity index (χ3v) is 3.35. The zero-order valence-corrected chi connectivity index (χ0v) is 13.0. The number of anilines is 1. The standard InChI is InChI=1S/C17H17FN2O3/c1-3-12-6-5-9-19-16(12)17(22)20(11-15(21)23-2)14-8-4-7-13(18)10-14/h4-10H,3,11H2,1-2H3. The molecule has 1 heterocycles. The Morgan fingerprint density at radius 3 is 2.70 bits per heavy atom. The molecule has 2 aromatic rings. The Balaban J connectivity index is 2.44. The van der Waals surface area contributed by atoms with Gasteiger partial charge in [0.1, 0.15) is 18.1 Å². The molecule has 1 aromatic carbocycles. The van der Waals surface area contributed by atoms with Gasteiger partial charge in [0.15, 0.2) is 0 Å². The lowest BCUT2D eigenvalue weighted by Crippen LogP contribution is -2.37. The van der Waals surface area contributed by atoms with Crippen molar-refractivity contribution >= 4 is 17.6 Å². The van der Waals surface area contributed by atoms with Crippen LogP contribution in [0.3, 0.4) is 0 Å². The fraction of sp³-hybridized carbons (Fsp3) is 0.235. The van der Waals surface area contributed by atoms with Gasteiger partial charge >= 0.3 is 5.97 Å². The van der Waals surface area contributed by atoms with Crippen LogP contribution < -0.4 is 4.90 Å². The van der Waals surface area contributed by atoms with Gasteiger partial charge in [0.05, 0.1) is 7.11 Å². The number of pyridine rings is 1. The summed E-state index contributed by atoms with van der Waals surface area (Å²) >= 11 is 0. The highest BCUT2D eigenvalue weighted by Gasteiger charge is 2.24. The van der Waals surface area contributed by atoms with Crippen LogP contribution in [0.4, 0.5) is 10.1 Å². The predicted molar refractivity (Wildman–Crippen MR) is 83.7 cm³/mol. The number of aryl methyl sites for hydroxylation is 1. The molecule has 0 aliphatic heterocycles. The number of hydrogen-bond donors (Lipinski definition) is 0. The maximum Gasteiger partial charge on any atom is 0.325 e. The van der Waals surface area contributed by atoms with E-state index in [0.717, 1.165) is 10.5 Å². The third-order valence-electron chi connectivity index (χ3n) is 3.35. The number of amides is 1. The first-order valence-electron chi connectivity index (χ1n) is 7.15. The van der Waals surface area contributed by atoms with Gasteiger partial charge in [-0.15, -0.1) is 0 Å². The van der Waals surface area contributed by atoms with E-state index in [2.05, 4.69) is 9.72 Å². The van der Waals surface area contributed by atoms with E-state index in [1.165, 1.54) is 31.5 Å². The molecule has 0 saturated carbocycles. The molecule has 5 nitrogen and oxygen atoms in total. The van der Waals surface area contributed by atoms with Crippen molar-refractivity contribution in [2.24, 2.45) is 0 Å². The van der Waals surface area contributed by atoms with Crippen molar-refractivity contribution in [1.82, 2.24) is 4.98 Å². The SMILES string of the molecule is CCc1cccnc1C(=O)N(CC(=O)OC)c1cccc(F)c1. The summed E-state index contributed by atoms with van der Waals surface area (Å²) in [6.07, 6.45) is 2.12. The third kappa shape index (κ3) is 3.91. The molecule has 120 valence electrons. The molecule has 0 unspecified atom stereocenters. The van der Waals surface area contributed by atoms with Crippen LogP contribution in [0.25, 0.3) is 0 Å². The van der Waals surface area contributed by atoms with Crippen LogP contribution in [0, 0.1) is 5.82 Å². The first-order chi connectivity index (χ1) is 11.1. The van der Waals surface area contributed by atoms with Gasteiger partial charge in [-0.2, -0.15) is 0 Å². The van der Waals surface area contributed by atoms with E-state index >= 15 is 0 Å². The highest BCUT2D eigenvalue weighted by molar-refractivity contribution is 6.07. The second kappa shape index (κ2) is 7.49. The second-order valence-electron chi connectivity index (χ2n) is 4.81. The van der Waals surface area contributed by atoms with Gasteiger partial charge in [-0.3, -0.25) is 19.5 Å². The summed E-state index contributed by atoms with van der Waals surface area (Å²) in [5, 5.41) is 0. The van der Waals surface area contributed by atoms with Crippen LogP contribution in [-0.4, -0.2) is 30.5 Å². The molecular weight excluding hydrogens is 299 g/mol. The predicted octanol–water partition coefficient (Wildman–Crippen LogP) is 2.60. The first kappa shape index (κ1) is 16.6. The minimum absolute atomic E-state index is 0.239. The highest BCUT2D eigenvalue weighted by Crippen LogP contribution is 2.19. The van der Waals surface area contributed by atoms with Gasteiger partial charge in [0.2, 0.25) is 0 Å². The summed E-state index contributed by atoms with van der Waals surface area (Å²) in [7, 11) is 1.23. The van der Waals surface area contributed by atoms with Gasteiger partial charge < -0.3 is 4.74 Å². The molecular formula is C17H17FN2O3. The molecule has 0 radical (unpaired) electrons. The molecule has 1 aromatic heterocycles. The molecule has 1 amide bonds. The van der Waals surface area contributed by atoms with Crippen molar-refractivity contribution in [2.45, 2.75) is 13.3 Å². The zero-order valence-electron chi connectivity index (χ0n) is 13.0. The number of esters is 1. The Labute approximate surface area is 133 Å². The molecule has 0 atom stereocenters. The summed E-state index contributed by atoms with van der Waals surface area (Å²) in [5.41, 5.74) is 1.26. The Morgan fingerprint density at radius 2 is 2.04 bits per heavy atom. The number of nitrogens with zero attached hydrogens (tertiary/aromatic N) is 2. The molecule has 0 aliphatic carbocycles. The number of ether oxygens (including phenoxy) is 1. The van der Waals surface area contributed by atoms with E-state index < -0.39 is 17.7 Å². The number of halogens is 1. The highest BCUT2D eigenvalue weighted by atomic mass is 19.1. The number of hydrogen-bond acceptors (Lipinski definition) is 4. The minimum Gasteiger partial charge on any atom is -0.468 e. The fourth-order valence-electron chi connectivity index (χ4n) is 2.16. The van der Waals surface area contributed by atoms with E-state index in [1.54, 1.807) is 18.2 Å². The molecule has 6 heteroatoms. The quantitative estimate of drug-likeness (QED) is 0.796. The smallest absolute Gasteiger partial charge is 0.325 e. The largest absolute Gasteiger partial charge is 0.468 e. The average Bonchev–Trinajstić information content (AvgIpc) is 2.58. The molecule has 23 heavy (non-hydrogen) atoms. The van der Waals surface area contributed by atoms with Crippen LogP contribution in [0.1, 0.15) is 23.0 Å². The van der Waals surface area contributed by atoms with Gasteiger partial charge in [0.25, 0.3) is 5.91 Å². The van der Waals surface area contributed by atoms with Crippen molar-refractivity contribution in [3.63, 3.8) is 0 Å². The second-order valence-corrected chi connectivity index (χ2v) is 4.81. The van der Waals surface area contributed by atoms with Gasteiger partial charge in [-0.1, -0.05) is 19.1 Å². The van der Waals surface area contributed by atoms with Crippen LogP contribution in [0.15, 0.2) is 42.6 Å². The van der Waals surface area contributed by atoms with E-state index in [0.29, 0.717) is 6.42 Å². The number of aromatic nitrogens is 1. The maximum atomic E-state index is 13.5. The minimum atomic E-state index is -0.600. The molecule has 0 fully saturated rings. The first-order valence-corrected chi connectivity index (χ1v) is 7.15. The van der Waals surface area contributed by atoms with Crippen molar-refractivity contribution < 1.29 is 18.7 Å². The van der Waals surface area contributed by atoms with Crippen molar-refractivity contribution in [3.05, 3.63) is 59.7 Å². The summed E-state index contributed by atoms with van der Waals surface area (Å²) in [6.45, 7) is 1.58. The fourth-order valence-corrected chi connectivity index (χ4v) is 2.16. The molecule has 0 bridgehead atoms. The van der Waals surface area contributed by atoms with E-state index in [1.807, 2.05) is 6.92 Å². The lowest BCUT2D eigenvalue weighted by Gasteiger charge is -2.22. The van der Waals surface area contributed by atoms with Gasteiger partial charge in [0, 0.05) is 11.9 Å². The molecule has 0 N–H and O–H groups in total. The average molecular weight is 316 g/mol. The molecule has 0 saturated heterocycles. The number of benzene rings is 1. The topological polar surface area (TPSA) is 59.5 Å². The zero-order chi connectivity index (χ0) is 16.8. The summed E-state index contributed by atoms with van der Waals surface area (Å²) in [5.74, 6) is -1.57. The maximum absolute atomic E-state index is 13.5. The summed E-state index contributed by atoms with van der Waals surface area (Å²) in [4.78, 5) is 29.7. The van der Waals surface area contributed by atoms with Crippen molar-refractivity contribution in [2.75, 3.05) is 18.6 Å². The lowest BCUT2D eigenvalue weighted by atomic mass is 10.1. The van der Waals surface area contributed by atoms with E-state index in [9.17, 15) is 14.0 Å². The van der Waals surface area contributed by atoms with Gasteiger partial charge in [-0.05, 0) is 36.2 Å². The Hall–Kier alpha value is -2.76. The van der Waals surface area contributed by atoms with Gasteiger partial charge in [-0.25, -0.2) is 4.39 Å². The number of carbonyl (C=O) groups is 2. The summed E-state index contributed by atoms with van der Waals surface area (Å²) < 4.78 is 18.1. The summed E-state index contributed by atoms with van der Waals surface area (Å²) in [6, 6.07) is 9.02. The molecule has 0 aliphatic rings. The van der Waals surface area contributed by atoms with E-state index in [4.69, 9.17) is 0 Å². The Kier molecular flexibility index (Phi) is 5.41. The Bertz CT molecular complexity index is 718. The molecule has 2 rings (SSSR count). The molecule has 0 spiro atoms. The van der Waals surface area contributed by atoms with E-state index in [-0.39, 0.29) is 17.9 Å². The number of methoxy groups -OCH3 is 1. The Morgan fingerprint density at radius 1 is 1.26 bits per heavy atom. The van der Waals surface area contributed by atoms with Crippen LogP contribution >= 0.6 is 0 Å². The monoisotopic (exact) mass is 316 g/mol. The van der Waals surface area contributed by atoms with Crippen molar-refractivity contribution in [3.8, 4) is 0 Å². The number of rotatable bonds is 5. The van der Waals surface area contributed by atoms with Crippen LogP contribution in [0.5, 0.6) is 0 Å². The van der Waals surface area contributed by atoms with Crippen molar-refractivity contribution in [1.29, 1.82) is 0 Å². The van der Waals surface area contributed by atoms with Crippen LogP contribution in [-0.2, 0) is 16.0 Å². The normalized spacial score (nSPS) is 10.2. The number of carbonyl (C=O) groups excluding carboxylic acids is 2.